The Morgan fingerprint density at radius 3 is 2.50 bits per heavy atom. The minimum Gasteiger partial charge on any atom is -0.508 e. The van der Waals surface area contributed by atoms with Gasteiger partial charge in [-0.1, -0.05) is 11.8 Å². The van der Waals surface area contributed by atoms with Crippen molar-refractivity contribution < 1.29 is 19.1 Å². The highest BCUT2D eigenvalue weighted by atomic mass is 32.2. The molecule has 0 atom stereocenters. The monoisotopic (exact) mass is 342 g/mol. The third kappa shape index (κ3) is 3.75. The highest BCUT2D eigenvalue weighted by molar-refractivity contribution is 7.99. The van der Waals surface area contributed by atoms with E-state index in [4.69, 9.17) is 9.15 Å². The molecule has 3 rings (SSSR count). The molecule has 7 heteroatoms. The molecule has 2 aromatic carbocycles. The molecule has 0 saturated heterocycles. The van der Waals surface area contributed by atoms with Gasteiger partial charge in [0.1, 0.15) is 11.5 Å². The van der Waals surface area contributed by atoms with Crippen LogP contribution < -0.4 is 4.74 Å². The molecule has 0 radical (unpaired) electrons. The van der Waals surface area contributed by atoms with Gasteiger partial charge in [-0.25, -0.2) is 0 Å². The molecule has 0 saturated carbocycles. The number of benzene rings is 2. The first-order chi connectivity index (χ1) is 11.7. The molecular formula is C17H14N2O4S. The summed E-state index contributed by atoms with van der Waals surface area (Å²) < 4.78 is 10.7. The van der Waals surface area contributed by atoms with Crippen molar-refractivity contribution in [2.75, 3.05) is 12.9 Å². The number of rotatable bonds is 6. The van der Waals surface area contributed by atoms with Crippen LogP contribution in [0.4, 0.5) is 0 Å². The van der Waals surface area contributed by atoms with E-state index in [1.807, 2.05) is 12.1 Å². The van der Waals surface area contributed by atoms with E-state index in [-0.39, 0.29) is 17.3 Å². The van der Waals surface area contributed by atoms with Gasteiger partial charge in [0, 0.05) is 11.1 Å². The lowest BCUT2D eigenvalue weighted by atomic mass is 10.1. The van der Waals surface area contributed by atoms with Crippen molar-refractivity contribution in [3.05, 3.63) is 54.1 Å². The molecule has 6 nitrogen and oxygen atoms in total. The summed E-state index contributed by atoms with van der Waals surface area (Å²) in [4.78, 5) is 12.1. The number of methoxy groups -OCH3 is 1. The second kappa shape index (κ2) is 7.18. The highest BCUT2D eigenvalue weighted by Crippen LogP contribution is 2.25. The summed E-state index contributed by atoms with van der Waals surface area (Å²) in [7, 11) is 1.60. The van der Waals surface area contributed by atoms with Crippen molar-refractivity contribution in [3.8, 4) is 23.0 Å². The van der Waals surface area contributed by atoms with E-state index in [0.717, 1.165) is 11.3 Å². The Balaban J connectivity index is 1.63. The standard InChI is InChI=1S/C17H14N2O4S/c1-22-14-8-4-12(5-9-14)16-18-19-17(23-16)24-10-15(21)11-2-6-13(20)7-3-11/h2-9,20H,10H2,1H3. The first kappa shape index (κ1) is 16.1. The van der Waals surface area contributed by atoms with Gasteiger partial charge in [-0.2, -0.15) is 0 Å². The number of phenols is 1. The van der Waals surface area contributed by atoms with Crippen molar-refractivity contribution in [2.45, 2.75) is 5.22 Å². The zero-order valence-electron chi connectivity index (χ0n) is 12.8. The van der Waals surface area contributed by atoms with Gasteiger partial charge in [0.15, 0.2) is 5.78 Å². The van der Waals surface area contributed by atoms with E-state index in [0.29, 0.717) is 16.7 Å². The van der Waals surface area contributed by atoms with Gasteiger partial charge in [-0.3, -0.25) is 4.79 Å². The number of hydrogen-bond acceptors (Lipinski definition) is 7. The van der Waals surface area contributed by atoms with Gasteiger partial charge in [0.2, 0.25) is 5.89 Å². The molecule has 0 fully saturated rings. The molecule has 1 aromatic heterocycles. The van der Waals surface area contributed by atoms with Crippen LogP contribution >= 0.6 is 11.8 Å². The van der Waals surface area contributed by atoms with Crippen molar-refractivity contribution in [1.82, 2.24) is 10.2 Å². The predicted octanol–water partition coefficient (Wildman–Crippen LogP) is 3.43. The Morgan fingerprint density at radius 2 is 1.83 bits per heavy atom. The van der Waals surface area contributed by atoms with Crippen LogP contribution in [0, 0.1) is 0 Å². The number of ether oxygens (including phenoxy) is 1. The molecule has 24 heavy (non-hydrogen) atoms. The van der Waals surface area contributed by atoms with E-state index in [9.17, 15) is 9.90 Å². The summed E-state index contributed by atoms with van der Waals surface area (Å²) in [5.41, 5.74) is 1.30. The van der Waals surface area contributed by atoms with Gasteiger partial charge in [0.25, 0.3) is 5.22 Å². The molecule has 3 aromatic rings. The summed E-state index contributed by atoms with van der Waals surface area (Å²) in [5.74, 6) is 1.35. The average molecular weight is 342 g/mol. The van der Waals surface area contributed by atoms with Crippen LogP contribution in [0.25, 0.3) is 11.5 Å². The third-order valence-corrected chi connectivity index (χ3v) is 4.08. The quantitative estimate of drug-likeness (QED) is 0.542. The maximum atomic E-state index is 12.1. The van der Waals surface area contributed by atoms with E-state index < -0.39 is 0 Å². The Kier molecular flexibility index (Phi) is 4.81. The molecule has 0 aliphatic carbocycles. The second-order valence-electron chi connectivity index (χ2n) is 4.86. The first-order valence-corrected chi connectivity index (χ1v) is 8.07. The average Bonchev–Trinajstić information content (AvgIpc) is 3.09. The maximum absolute atomic E-state index is 12.1. The number of nitrogens with zero attached hydrogens (tertiary/aromatic N) is 2. The van der Waals surface area contributed by atoms with Gasteiger partial charge in [-0.05, 0) is 48.5 Å². The lowest BCUT2D eigenvalue weighted by Gasteiger charge is -2.00. The van der Waals surface area contributed by atoms with E-state index in [1.165, 1.54) is 23.9 Å². The Hall–Kier alpha value is -2.80. The van der Waals surface area contributed by atoms with Crippen molar-refractivity contribution >= 4 is 17.5 Å². The van der Waals surface area contributed by atoms with E-state index >= 15 is 0 Å². The molecule has 1 heterocycles. The SMILES string of the molecule is COc1ccc(-c2nnc(SCC(=O)c3ccc(O)cc3)o2)cc1. The molecule has 0 aliphatic heterocycles. The summed E-state index contributed by atoms with van der Waals surface area (Å²) in [6, 6.07) is 13.4. The maximum Gasteiger partial charge on any atom is 0.277 e. The summed E-state index contributed by atoms with van der Waals surface area (Å²) in [5, 5.41) is 17.5. The van der Waals surface area contributed by atoms with Crippen molar-refractivity contribution in [1.29, 1.82) is 0 Å². The molecule has 1 N–H and O–H groups in total. The number of aromatic hydroxyl groups is 1. The van der Waals surface area contributed by atoms with Crippen LogP contribution in [0.3, 0.4) is 0 Å². The van der Waals surface area contributed by atoms with E-state index in [1.54, 1.807) is 31.4 Å². The predicted molar refractivity (Wildman–Crippen MR) is 89.4 cm³/mol. The second-order valence-corrected chi connectivity index (χ2v) is 5.79. The van der Waals surface area contributed by atoms with Crippen LogP contribution in [0.15, 0.2) is 58.2 Å². The minimum absolute atomic E-state index is 0.0794. The summed E-state index contributed by atoms with van der Waals surface area (Å²) >= 11 is 1.17. The number of thioether (sulfide) groups is 1. The number of aromatic nitrogens is 2. The molecular weight excluding hydrogens is 328 g/mol. The van der Waals surface area contributed by atoms with Gasteiger partial charge < -0.3 is 14.3 Å². The fourth-order valence-electron chi connectivity index (χ4n) is 1.98. The van der Waals surface area contributed by atoms with Crippen molar-refractivity contribution in [3.63, 3.8) is 0 Å². The largest absolute Gasteiger partial charge is 0.508 e. The fraction of sp³-hybridized carbons (Fsp3) is 0.118. The third-order valence-electron chi connectivity index (χ3n) is 3.26. The number of ketones is 1. The molecule has 0 unspecified atom stereocenters. The number of phenolic OH excluding ortho intramolecular Hbond substituents is 1. The summed E-state index contributed by atoms with van der Waals surface area (Å²) in [6.45, 7) is 0. The zero-order valence-corrected chi connectivity index (χ0v) is 13.6. The lowest BCUT2D eigenvalue weighted by Crippen LogP contribution is -2.01. The molecule has 0 amide bonds. The Labute approximate surface area is 142 Å². The highest BCUT2D eigenvalue weighted by Gasteiger charge is 2.12. The van der Waals surface area contributed by atoms with Crippen LogP contribution in [-0.4, -0.2) is 33.9 Å². The van der Waals surface area contributed by atoms with E-state index in [2.05, 4.69) is 10.2 Å². The number of carbonyl (C=O) groups excluding carboxylic acids is 1. The number of hydrogen-bond donors (Lipinski definition) is 1. The van der Waals surface area contributed by atoms with Crippen molar-refractivity contribution in [2.24, 2.45) is 0 Å². The van der Waals surface area contributed by atoms with Gasteiger partial charge >= 0.3 is 0 Å². The lowest BCUT2D eigenvalue weighted by molar-refractivity contribution is 0.102. The first-order valence-electron chi connectivity index (χ1n) is 7.08. The van der Waals surface area contributed by atoms with Gasteiger partial charge in [-0.15, -0.1) is 10.2 Å². The Morgan fingerprint density at radius 1 is 1.12 bits per heavy atom. The normalized spacial score (nSPS) is 10.5. The smallest absolute Gasteiger partial charge is 0.277 e. The fourth-order valence-corrected chi connectivity index (χ4v) is 2.63. The summed E-state index contributed by atoms with van der Waals surface area (Å²) in [6.07, 6.45) is 0. The molecule has 0 spiro atoms. The zero-order chi connectivity index (χ0) is 16.9. The topological polar surface area (TPSA) is 85.5 Å². The molecule has 122 valence electrons. The number of Topliss-reactive ketones (excluding diaryl/α,β-unsaturated/α-hetero) is 1. The van der Waals surface area contributed by atoms with Crippen LogP contribution in [-0.2, 0) is 0 Å². The van der Waals surface area contributed by atoms with Crippen LogP contribution in [0.1, 0.15) is 10.4 Å². The van der Waals surface area contributed by atoms with Crippen LogP contribution in [0.5, 0.6) is 11.5 Å². The Bertz CT molecular complexity index is 829. The number of carbonyl (C=O) groups is 1. The van der Waals surface area contributed by atoms with Crippen LogP contribution in [0.2, 0.25) is 0 Å². The molecule has 0 aliphatic rings. The van der Waals surface area contributed by atoms with Gasteiger partial charge in [0.05, 0.1) is 12.9 Å². The minimum atomic E-state index is -0.0794. The molecule has 0 bridgehead atoms.